The van der Waals surface area contributed by atoms with E-state index in [1.807, 2.05) is 24.3 Å². The first-order chi connectivity index (χ1) is 11.0. The highest BCUT2D eigenvalue weighted by atomic mass is 79.9. The minimum absolute atomic E-state index is 0.334. The Labute approximate surface area is 149 Å². The van der Waals surface area contributed by atoms with Crippen LogP contribution in [0.2, 0.25) is 0 Å². The number of hydrogen-bond donors (Lipinski definition) is 0. The summed E-state index contributed by atoms with van der Waals surface area (Å²) >= 11 is 3.66. The van der Waals surface area contributed by atoms with Crippen LogP contribution in [0.3, 0.4) is 0 Å². The predicted octanol–water partition coefficient (Wildman–Crippen LogP) is 4.56. The molecule has 0 N–H and O–H groups in total. The first-order valence-corrected chi connectivity index (χ1v) is 10.4. The highest BCUT2D eigenvalue weighted by molar-refractivity contribution is 9.10. The molecule has 1 unspecified atom stereocenters. The van der Waals surface area contributed by atoms with Gasteiger partial charge in [0.15, 0.2) is 7.52 Å². The van der Waals surface area contributed by atoms with Crippen molar-refractivity contribution in [3.8, 4) is 0 Å². The predicted molar refractivity (Wildman–Crippen MR) is 103 cm³/mol. The van der Waals surface area contributed by atoms with Crippen LogP contribution < -0.4 is 5.30 Å². The summed E-state index contributed by atoms with van der Waals surface area (Å²) in [5, 5.41) is 1.11. The van der Waals surface area contributed by atoms with Crippen molar-refractivity contribution < 1.29 is 4.52 Å². The first-order valence-electron chi connectivity index (χ1n) is 7.90. The van der Waals surface area contributed by atoms with E-state index in [1.165, 1.54) is 5.56 Å². The lowest BCUT2D eigenvalue weighted by molar-refractivity contribution is 0.250. The Kier molecular flexibility index (Phi) is 5.27. The Morgan fingerprint density at radius 2 is 1.83 bits per heavy atom. The van der Waals surface area contributed by atoms with E-state index in [2.05, 4.69) is 64.8 Å². The molecule has 2 aromatic rings. The number of hydrogen-bond acceptors (Lipinski definition) is 2. The van der Waals surface area contributed by atoms with Gasteiger partial charge < -0.3 is 0 Å². The van der Waals surface area contributed by atoms with Gasteiger partial charge in [0.1, 0.15) is 11.9 Å². The van der Waals surface area contributed by atoms with Crippen molar-refractivity contribution in [2.75, 3.05) is 6.61 Å². The average Bonchev–Trinajstić information content (AvgIpc) is 2.89. The molecule has 0 spiro atoms. The Morgan fingerprint density at radius 1 is 1.17 bits per heavy atom. The summed E-state index contributed by atoms with van der Waals surface area (Å²) in [5.41, 5.74) is 1.24. The molecule has 3 rings (SSSR count). The van der Waals surface area contributed by atoms with E-state index in [0.29, 0.717) is 18.6 Å². The topological polar surface area (TPSA) is 12.5 Å². The van der Waals surface area contributed by atoms with E-state index in [4.69, 9.17) is 12.1 Å². The lowest BCUT2D eigenvalue weighted by atomic mass is 10.1. The van der Waals surface area contributed by atoms with E-state index in [1.54, 1.807) is 0 Å². The maximum Gasteiger partial charge on any atom is 0.434 e. The Hall–Kier alpha value is -0.665. The van der Waals surface area contributed by atoms with Gasteiger partial charge in [0.05, 0.1) is 12.6 Å². The molecule has 2 nitrogen and oxygen atoms in total. The molecule has 1 heterocycles. The Balaban J connectivity index is 1.98. The van der Waals surface area contributed by atoms with Gasteiger partial charge in [-0.3, -0.25) is 0 Å². The highest BCUT2D eigenvalue weighted by Crippen LogP contribution is 2.64. The van der Waals surface area contributed by atoms with Gasteiger partial charge in [0.25, 0.3) is 0 Å². The number of nitrogens with zero attached hydrogens (tertiary/aromatic N) is 1. The zero-order chi connectivity index (χ0) is 16.4. The number of rotatable bonds is 4. The molecule has 118 valence electrons. The second kappa shape index (κ2) is 7.07. The standard InChI is InChI=1S/C18H21BBrNOP/c1-14(2)18-13-22-23(19,16-9-4-3-5-10-16)21(18)12-15-8-6-7-11-17(15)20/h3-11,14,18H,12-13H2,1-2H3/q+1/t18-,23?/m1/s1. The van der Waals surface area contributed by atoms with Gasteiger partial charge in [-0.15, -0.1) is 0 Å². The fourth-order valence-electron chi connectivity index (χ4n) is 3.00. The van der Waals surface area contributed by atoms with E-state index in [-0.39, 0.29) is 0 Å². The molecule has 1 saturated heterocycles. The van der Waals surface area contributed by atoms with Crippen molar-refractivity contribution in [2.24, 2.45) is 5.92 Å². The Morgan fingerprint density at radius 3 is 2.48 bits per heavy atom. The lowest BCUT2D eigenvalue weighted by Crippen LogP contribution is -2.36. The SMILES string of the molecule is [B][P+]1(c2ccccc2)OC[C@H](C(C)C)N1Cc1ccccc1Br. The maximum absolute atomic E-state index is 6.85. The molecule has 2 atom stereocenters. The molecular formula is C18H21BBrNOP+. The van der Waals surface area contributed by atoms with Gasteiger partial charge in [-0.05, 0) is 29.7 Å². The molecule has 1 aliphatic heterocycles. The molecule has 0 saturated carbocycles. The third-order valence-corrected chi connectivity index (χ3v) is 7.95. The smallest absolute Gasteiger partial charge is 0.232 e. The van der Waals surface area contributed by atoms with Crippen LogP contribution in [0.25, 0.3) is 0 Å². The van der Waals surface area contributed by atoms with Gasteiger partial charge in [-0.25, -0.2) is 4.52 Å². The van der Waals surface area contributed by atoms with Gasteiger partial charge in [0, 0.05) is 4.47 Å². The summed E-state index contributed by atoms with van der Waals surface area (Å²) in [6, 6.07) is 18.9. The molecule has 0 amide bonds. The van der Waals surface area contributed by atoms with E-state index in [9.17, 15) is 0 Å². The van der Waals surface area contributed by atoms with E-state index >= 15 is 0 Å². The average molecular weight is 389 g/mol. The molecule has 23 heavy (non-hydrogen) atoms. The molecule has 5 heteroatoms. The summed E-state index contributed by atoms with van der Waals surface area (Å²) in [6.45, 7) is 5.97. The quantitative estimate of drug-likeness (QED) is 0.562. The van der Waals surface area contributed by atoms with Gasteiger partial charge >= 0.3 is 7.57 Å². The zero-order valence-corrected chi connectivity index (χ0v) is 16.0. The van der Waals surface area contributed by atoms with Gasteiger partial charge in [0.2, 0.25) is 0 Å². The first kappa shape index (κ1) is 17.2. The molecule has 1 fully saturated rings. The number of halogens is 1. The summed E-state index contributed by atoms with van der Waals surface area (Å²) in [5.74, 6) is 0.492. The maximum atomic E-state index is 6.85. The third kappa shape index (κ3) is 3.41. The summed E-state index contributed by atoms with van der Waals surface area (Å²) in [6.07, 6.45) is 0. The summed E-state index contributed by atoms with van der Waals surface area (Å²) in [7, 11) is 4.58. The van der Waals surface area contributed by atoms with Crippen LogP contribution >= 0.6 is 23.4 Å². The monoisotopic (exact) mass is 388 g/mol. The van der Waals surface area contributed by atoms with Crippen LogP contribution in [0.4, 0.5) is 0 Å². The fourth-order valence-corrected chi connectivity index (χ4v) is 6.11. The van der Waals surface area contributed by atoms with Crippen molar-refractivity contribution in [3.63, 3.8) is 0 Å². The van der Waals surface area contributed by atoms with Crippen molar-refractivity contribution >= 4 is 36.3 Å². The van der Waals surface area contributed by atoms with Crippen LogP contribution in [-0.4, -0.2) is 24.9 Å². The second-order valence-corrected chi connectivity index (χ2v) is 9.64. The fraction of sp³-hybridized carbons (Fsp3) is 0.333. The van der Waals surface area contributed by atoms with Crippen molar-refractivity contribution in [3.05, 3.63) is 64.6 Å². The van der Waals surface area contributed by atoms with Crippen LogP contribution in [-0.2, 0) is 11.1 Å². The van der Waals surface area contributed by atoms with Gasteiger partial charge in [-0.1, -0.05) is 66.2 Å². The molecule has 0 aromatic heterocycles. The normalized spacial score (nSPS) is 25.1. The van der Waals surface area contributed by atoms with Crippen LogP contribution in [0.5, 0.6) is 0 Å². The summed E-state index contributed by atoms with van der Waals surface area (Å²) in [4.78, 5) is 0. The molecule has 2 radical (unpaired) electrons. The van der Waals surface area contributed by atoms with E-state index < -0.39 is 7.52 Å². The third-order valence-electron chi connectivity index (χ3n) is 4.39. The molecular weight excluding hydrogens is 368 g/mol. The summed E-state index contributed by atoms with van der Waals surface area (Å²) < 4.78 is 9.74. The zero-order valence-electron chi connectivity index (χ0n) is 13.5. The van der Waals surface area contributed by atoms with Crippen LogP contribution in [0, 0.1) is 5.92 Å². The second-order valence-electron chi connectivity index (χ2n) is 6.25. The minimum atomic E-state index is -2.27. The molecule has 0 aliphatic carbocycles. The van der Waals surface area contributed by atoms with Crippen molar-refractivity contribution in [2.45, 2.75) is 26.4 Å². The lowest BCUT2D eigenvalue weighted by Gasteiger charge is -2.30. The molecule has 2 aromatic carbocycles. The van der Waals surface area contributed by atoms with Crippen LogP contribution in [0.1, 0.15) is 19.4 Å². The highest BCUT2D eigenvalue weighted by Gasteiger charge is 2.54. The Bertz CT molecular complexity index is 669. The van der Waals surface area contributed by atoms with Gasteiger partial charge in [-0.2, -0.15) is 4.67 Å². The van der Waals surface area contributed by atoms with Crippen molar-refractivity contribution in [1.82, 2.24) is 4.67 Å². The molecule has 1 aliphatic rings. The van der Waals surface area contributed by atoms with E-state index in [0.717, 1.165) is 16.3 Å². The van der Waals surface area contributed by atoms with Crippen LogP contribution in [0.15, 0.2) is 59.1 Å². The largest absolute Gasteiger partial charge is 0.434 e. The minimum Gasteiger partial charge on any atom is -0.232 e. The van der Waals surface area contributed by atoms with Crippen molar-refractivity contribution in [1.29, 1.82) is 0 Å². The molecule has 0 bridgehead atoms. The number of benzene rings is 2.